The van der Waals surface area contributed by atoms with Gasteiger partial charge in [-0.05, 0) is 42.7 Å². The number of carbonyl (C=O) groups excluding carboxylic acids is 2. The number of aryl methyl sites for hydroxylation is 1. The SMILES string of the molecule is COC(=O)c1ccc(CNC(=O)C(C)SCc2ccccc2C)cc1. The van der Waals surface area contributed by atoms with Crippen molar-refractivity contribution >= 4 is 23.6 Å². The Hall–Kier alpha value is -2.27. The van der Waals surface area contributed by atoms with Crippen LogP contribution in [0.5, 0.6) is 0 Å². The average molecular weight is 357 g/mol. The van der Waals surface area contributed by atoms with Gasteiger partial charge in [0.2, 0.25) is 5.91 Å². The zero-order valence-corrected chi connectivity index (χ0v) is 15.6. The van der Waals surface area contributed by atoms with Crippen LogP contribution in [0.4, 0.5) is 0 Å². The van der Waals surface area contributed by atoms with Crippen LogP contribution in [0.25, 0.3) is 0 Å². The molecule has 1 atom stereocenters. The van der Waals surface area contributed by atoms with Crippen molar-refractivity contribution in [2.75, 3.05) is 7.11 Å². The number of benzene rings is 2. The highest BCUT2D eigenvalue weighted by Gasteiger charge is 2.13. The fourth-order valence-corrected chi connectivity index (χ4v) is 3.26. The topological polar surface area (TPSA) is 55.4 Å². The summed E-state index contributed by atoms with van der Waals surface area (Å²) in [5, 5.41) is 2.81. The maximum atomic E-state index is 12.2. The van der Waals surface area contributed by atoms with E-state index < -0.39 is 0 Å². The minimum atomic E-state index is -0.364. The van der Waals surface area contributed by atoms with E-state index in [1.165, 1.54) is 18.2 Å². The predicted molar refractivity (Wildman–Crippen MR) is 102 cm³/mol. The third-order valence-electron chi connectivity index (χ3n) is 3.96. The van der Waals surface area contributed by atoms with E-state index in [9.17, 15) is 9.59 Å². The van der Waals surface area contributed by atoms with E-state index in [4.69, 9.17) is 0 Å². The maximum absolute atomic E-state index is 12.2. The number of methoxy groups -OCH3 is 1. The standard InChI is InChI=1S/C20H23NO3S/c1-14-6-4-5-7-18(14)13-25-15(2)19(22)21-12-16-8-10-17(11-9-16)20(23)24-3/h4-11,15H,12-13H2,1-3H3,(H,21,22). The van der Waals surface area contributed by atoms with Gasteiger partial charge in [-0.25, -0.2) is 4.79 Å². The van der Waals surface area contributed by atoms with E-state index in [1.54, 1.807) is 23.9 Å². The number of amides is 1. The Balaban J connectivity index is 1.81. The van der Waals surface area contributed by atoms with Gasteiger partial charge < -0.3 is 10.1 Å². The summed E-state index contributed by atoms with van der Waals surface area (Å²) in [6.07, 6.45) is 0. The molecule has 2 aromatic carbocycles. The number of carbonyl (C=O) groups is 2. The molecule has 1 N–H and O–H groups in total. The molecule has 0 saturated carbocycles. The Labute approximate surface area is 153 Å². The number of hydrogen-bond acceptors (Lipinski definition) is 4. The van der Waals surface area contributed by atoms with Crippen molar-refractivity contribution in [1.82, 2.24) is 5.32 Å². The molecular formula is C20H23NO3S. The predicted octanol–water partition coefficient (Wildman–Crippen LogP) is 3.72. The van der Waals surface area contributed by atoms with E-state index in [0.717, 1.165) is 11.3 Å². The van der Waals surface area contributed by atoms with Crippen molar-refractivity contribution in [3.63, 3.8) is 0 Å². The molecule has 2 rings (SSSR count). The zero-order valence-electron chi connectivity index (χ0n) is 14.7. The van der Waals surface area contributed by atoms with Crippen molar-refractivity contribution in [1.29, 1.82) is 0 Å². The molecule has 0 heterocycles. The molecule has 2 aromatic rings. The third-order valence-corrected chi connectivity index (χ3v) is 5.15. The van der Waals surface area contributed by atoms with Crippen molar-refractivity contribution in [3.8, 4) is 0 Å². The van der Waals surface area contributed by atoms with E-state index >= 15 is 0 Å². The largest absolute Gasteiger partial charge is 0.465 e. The maximum Gasteiger partial charge on any atom is 0.337 e. The van der Waals surface area contributed by atoms with Gasteiger partial charge in [-0.3, -0.25) is 4.79 Å². The van der Waals surface area contributed by atoms with Crippen LogP contribution in [-0.2, 0) is 21.8 Å². The van der Waals surface area contributed by atoms with E-state index in [2.05, 4.69) is 29.1 Å². The molecule has 1 unspecified atom stereocenters. The lowest BCUT2D eigenvalue weighted by Gasteiger charge is -2.13. The van der Waals surface area contributed by atoms with Crippen LogP contribution in [0, 0.1) is 6.92 Å². The second-order valence-corrected chi connectivity index (χ2v) is 7.12. The molecule has 0 radical (unpaired) electrons. The monoisotopic (exact) mass is 357 g/mol. The van der Waals surface area contributed by atoms with Gasteiger partial charge in [0.05, 0.1) is 17.9 Å². The highest BCUT2D eigenvalue weighted by molar-refractivity contribution is 7.99. The van der Waals surface area contributed by atoms with Gasteiger partial charge in [0, 0.05) is 12.3 Å². The van der Waals surface area contributed by atoms with Crippen LogP contribution < -0.4 is 5.32 Å². The highest BCUT2D eigenvalue weighted by atomic mass is 32.2. The summed E-state index contributed by atoms with van der Waals surface area (Å²) in [4.78, 5) is 23.6. The molecule has 0 aromatic heterocycles. The fourth-order valence-electron chi connectivity index (χ4n) is 2.27. The summed E-state index contributed by atoms with van der Waals surface area (Å²) in [7, 11) is 1.35. The van der Waals surface area contributed by atoms with Gasteiger partial charge >= 0.3 is 5.97 Å². The first-order valence-corrected chi connectivity index (χ1v) is 9.17. The van der Waals surface area contributed by atoms with Crippen LogP contribution >= 0.6 is 11.8 Å². The molecular weight excluding hydrogens is 334 g/mol. The van der Waals surface area contributed by atoms with Crippen LogP contribution in [0.1, 0.15) is 34.0 Å². The smallest absolute Gasteiger partial charge is 0.337 e. The Morgan fingerprint density at radius 2 is 1.80 bits per heavy atom. The Morgan fingerprint density at radius 1 is 1.12 bits per heavy atom. The zero-order chi connectivity index (χ0) is 18.2. The number of ether oxygens (including phenoxy) is 1. The molecule has 0 fully saturated rings. The molecule has 0 aliphatic rings. The molecule has 4 nitrogen and oxygen atoms in total. The molecule has 25 heavy (non-hydrogen) atoms. The lowest BCUT2D eigenvalue weighted by atomic mass is 10.1. The van der Waals surface area contributed by atoms with Gasteiger partial charge in [-0.1, -0.05) is 36.4 Å². The quantitative estimate of drug-likeness (QED) is 0.768. The fraction of sp³-hybridized carbons (Fsp3) is 0.300. The summed E-state index contributed by atoms with van der Waals surface area (Å²) in [5.74, 6) is 0.460. The lowest BCUT2D eigenvalue weighted by molar-refractivity contribution is -0.120. The van der Waals surface area contributed by atoms with E-state index in [-0.39, 0.29) is 17.1 Å². The van der Waals surface area contributed by atoms with Crippen LogP contribution in [0.15, 0.2) is 48.5 Å². The minimum Gasteiger partial charge on any atom is -0.465 e. The highest BCUT2D eigenvalue weighted by Crippen LogP contribution is 2.20. The molecule has 0 spiro atoms. The molecule has 132 valence electrons. The first-order chi connectivity index (χ1) is 12.0. The van der Waals surface area contributed by atoms with Crippen molar-refractivity contribution in [2.24, 2.45) is 0 Å². The van der Waals surface area contributed by atoms with Gasteiger partial charge in [0.15, 0.2) is 0 Å². The van der Waals surface area contributed by atoms with Gasteiger partial charge in [0.25, 0.3) is 0 Å². The van der Waals surface area contributed by atoms with Gasteiger partial charge in [-0.2, -0.15) is 0 Å². The lowest BCUT2D eigenvalue weighted by Crippen LogP contribution is -2.30. The summed E-state index contributed by atoms with van der Waals surface area (Å²) in [5.41, 5.74) is 3.94. The molecule has 1 amide bonds. The average Bonchev–Trinajstić information content (AvgIpc) is 2.65. The number of nitrogens with one attached hydrogen (secondary N) is 1. The Morgan fingerprint density at radius 3 is 2.44 bits per heavy atom. The van der Waals surface area contributed by atoms with Crippen molar-refractivity contribution in [3.05, 3.63) is 70.8 Å². The van der Waals surface area contributed by atoms with Gasteiger partial charge in [0.1, 0.15) is 0 Å². The number of rotatable bonds is 7. The summed E-state index contributed by atoms with van der Waals surface area (Å²) in [6.45, 7) is 4.44. The van der Waals surface area contributed by atoms with Gasteiger partial charge in [-0.15, -0.1) is 11.8 Å². The second-order valence-electron chi connectivity index (χ2n) is 5.79. The normalized spacial score (nSPS) is 11.6. The molecule has 0 bridgehead atoms. The summed E-state index contributed by atoms with van der Waals surface area (Å²) >= 11 is 1.62. The third kappa shape index (κ3) is 5.64. The van der Waals surface area contributed by atoms with Crippen LogP contribution in [0.3, 0.4) is 0 Å². The number of thioether (sulfide) groups is 1. The minimum absolute atomic E-state index is 0.00984. The summed E-state index contributed by atoms with van der Waals surface area (Å²) in [6, 6.07) is 15.2. The second kappa shape index (κ2) is 9.28. The van der Waals surface area contributed by atoms with E-state index in [1.807, 2.05) is 31.2 Å². The molecule has 0 aliphatic carbocycles. The van der Waals surface area contributed by atoms with Crippen molar-refractivity contribution in [2.45, 2.75) is 31.4 Å². The number of hydrogen-bond donors (Lipinski definition) is 1. The molecule has 0 saturated heterocycles. The molecule has 5 heteroatoms. The van der Waals surface area contributed by atoms with Crippen LogP contribution in [-0.4, -0.2) is 24.2 Å². The summed E-state index contributed by atoms with van der Waals surface area (Å²) < 4.78 is 4.67. The first-order valence-electron chi connectivity index (χ1n) is 8.12. The Bertz CT molecular complexity index is 728. The van der Waals surface area contributed by atoms with E-state index in [0.29, 0.717) is 12.1 Å². The Kier molecular flexibility index (Phi) is 7.07. The first kappa shape index (κ1) is 19.1. The molecule has 0 aliphatic heterocycles. The number of esters is 1. The van der Waals surface area contributed by atoms with Crippen LogP contribution in [0.2, 0.25) is 0 Å². The van der Waals surface area contributed by atoms with Crippen molar-refractivity contribution < 1.29 is 14.3 Å².